The van der Waals surface area contributed by atoms with Crippen LogP contribution >= 0.6 is 22.6 Å². The topological polar surface area (TPSA) is 0 Å². The summed E-state index contributed by atoms with van der Waals surface area (Å²) in [5, 5.41) is 0. The highest BCUT2D eigenvalue weighted by Crippen LogP contribution is 2.10. The average molecular weight is 244 g/mol. The Hall–Kier alpha value is -0.310. The highest BCUT2D eigenvalue weighted by Gasteiger charge is 1.83. The fourth-order valence-electron chi connectivity index (χ4n) is 0.779. The van der Waals surface area contributed by atoms with E-state index in [1.807, 2.05) is 18.2 Å². The molecule has 0 heterocycles. The summed E-state index contributed by atoms with van der Waals surface area (Å²) in [5.74, 6) is 0. The maximum absolute atomic E-state index is 2.31. The summed E-state index contributed by atoms with van der Waals surface area (Å²) >= 11 is 2.31. The third-order valence-corrected chi connectivity index (χ3v) is 1.48. The summed E-state index contributed by atoms with van der Waals surface area (Å²) in [5.41, 5.74) is 1.27. The lowest BCUT2D eigenvalue weighted by atomic mass is 10.2. The van der Waals surface area contributed by atoms with E-state index in [0.717, 1.165) is 0 Å². The van der Waals surface area contributed by atoms with Gasteiger partial charge in [-0.3, -0.25) is 0 Å². The van der Waals surface area contributed by atoms with Gasteiger partial charge in [0.25, 0.3) is 0 Å². The molecule has 10 heavy (non-hydrogen) atoms. The van der Waals surface area contributed by atoms with Gasteiger partial charge in [-0.25, -0.2) is 0 Å². The Morgan fingerprint density at radius 1 is 1.30 bits per heavy atom. The minimum absolute atomic E-state index is 1.27. The number of halogens is 1. The van der Waals surface area contributed by atoms with E-state index in [0.29, 0.717) is 0 Å². The first-order chi connectivity index (χ1) is 4.79. The first-order valence-corrected chi connectivity index (χ1v) is 4.26. The molecule has 0 aliphatic heterocycles. The van der Waals surface area contributed by atoms with Crippen LogP contribution in [0.3, 0.4) is 0 Å². The van der Waals surface area contributed by atoms with Crippen LogP contribution in [0, 0.1) is 0 Å². The molecule has 0 radical (unpaired) electrons. The third-order valence-electron chi connectivity index (χ3n) is 1.17. The molecule has 0 fully saturated rings. The largest absolute Gasteiger partial charge is 0.0622 e. The molecule has 52 valence electrons. The predicted molar refractivity (Wildman–Crippen MR) is 54.1 cm³/mol. The van der Waals surface area contributed by atoms with Gasteiger partial charge in [-0.15, -0.1) is 0 Å². The van der Waals surface area contributed by atoms with Crippen LogP contribution < -0.4 is 0 Å². The van der Waals surface area contributed by atoms with Gasteiger partial charge in [0.05, 0.1) is 0 Å². The minimum atomic E-state index is 1.27. The van der Waals surface area contributed by atoms with Crippen LogP contribution in [-0.2, 0) is 0 Å². The highest BCUT2D eigenvalue weighted by molar-refractivity contribution is 14.1. The standard InChI is InChI=1S/C9H9I/c1-8(10)7-9-5-3-2-4-6-9/h2-7H,1H3/b8-7-. The number of benzene rings is 1. The Labute approximate surface area is 75.1 Å². The van der Waals surface area contributed by atoms with E-state index in [1.54, 1.807) is 0 Å². The molecular formula is C9H9I. The van der Waals surface area contributed by atoms with Crippen LogP contribution in [0.2, 0.25) is 0 Å². The summed E-state index contributed by atoms with van der Waals surface area (Å²) in [6, 6.07) is 10.3. The van der Waals surface area contributed by atoms with Crippen LogP contribution in [-0.4, -0.2) is 0 Å². The number of allylic oxidation sites excluding steroid dienone is 1. The van der Waals surface area contributed by atoms with Gasteiger partial charge in [0.15, 0.2) is 0 Å². The van der Waals surface area contributed by atoms with E-state index in [4.69, 9.17) is 0 Å². The van der Waals surface area contributed by atoms with E-state index in [2.05, 4.69) is 47.7 Å². The second-order valence-corrected chi connectivity index (χ2v) is 3.84. The average Bonchev–Trinajstić information content (AvgIpc) is 1.88. The van der Waals surface area contributed by atoms with Gasteiger partial charge in [-0.05, 0) is 44.7 Å². The third kappa shape index (κ3) is 2.52. The smallest absolute Gasteiger partial charge is 0.0119 e. The van der Waals surface area contributed by atoms with Gasteiger partial charge < -0.3 is 0 Å². The van der Waals surface area contributed by atoms with Crippen LogP contribution in [0.4, 0.5) is 0 Å². The molecule has 0 spiro atoms. The van der Waals surface area contributed by atoms with Gasteiger partial charge in [0, 0.05) is 0 Å². The van der Waals surface area contributed by atoms with Gasteiger partial charge in [-0.1, -0.05) is 30.3 Å². The van der Waals surface area contributed by atoms with Crippen molar-refractivity contribution in [3.8, 4) is 0 Å². The maximum Gasteiger partial charge on any atom is -0.0119 e. The van der Waals surface area contributed by atoms with Gasteiger partial charge in [0.1, 0.15) is 0 Å². The van der Waals surface area contributed by atoms with Crippen molar-refractivity contribution in [2.75, 3.05) is 0 Å². The van der Waals surface area contributed by atoms with Crippen molar-refractivity contribution in [3.05, 3.63) is 39.5 Å². The van der Waals surface area contributed by atoms with Crippen LogP contribution in [0.25, 0.3) is 6.08 Å². The lowest BCUT2D eigenvalue weighted by molar-refractivity contribution is 1.64. The molecule has 0 atom stereocenters. The lowest BCUT2D eigenvalue weighted by Crippen LogP contribution is -1.67. The fourth-order valence-corrected chi connectivity index (χ4v) is 1.14. The molecule has 0 nitrogen and oxygen atoms in total. The molecule has 1 aromatic carbocycles. The van der Waals surface area contributed by atoms with E-state index >= 15 is 0 Å². The minimum Gasteiger partial charge on any atom is -0.0622 e. The molecule has 0 amide bonds. The number of hydrogen-bond acceptors (Lipinski definition) is 0. The molecule has 0 aliphatic rings. The molecular weight excluding hydrogens is 235 g/mol. The normalized spacial score (nSPS) is 11.6. The summed E-state index contributed by atoms with van der Waals surface area (Å²) in [6.07, 6.45) is 2.15. The van der Waals surface area contributed by atoms with E-state index in [1.165, 1.54) is 9.14 Å². The van der Waals surface area contributed by atoms with Gasteiger partial charge in [-0.2, -0.15) is 0 Å². The molecule has 1 aromatic rings. The van der Waals surface area contributed by atoms with E-state index in [-0.39, 0.29) is 0 Å². The van der Waals surface area contributed by atoms with Gasteiger partial charge >= 0.3 is 0 Å². The van der Waals surface area contributed by atoms with Crippen molar-refractivity contribution < 1.29 is 0 Å². The van der Waals surface area contributed by atoms with Crippen molar-refractivity contribution in [1.82, 2.24) is 0 Å². The van der Waals surface area contributed by atoms with Crippen molar-refractivity contribution in [1.29, 1.82) is 0 Å². The monoisotopic (exact) mass is 244 g/mol. The summed E-state index contributed by atoms with van der Waals surface area (Å²) in [7, 11) is 0. The Kier molecular flexibility index (Phi) is 2.93. The SMILES string of the molecule is C/C(I)=C/c1ccccc1. The van der Waals surface area contributed by atoms with E-state index < -0.39 is 0 Å². The van der Waals surface area contributed by atoms with Crippen molar-refractivity contribution in [3.63, 3.8) is 0 Å². The van der Waals surface area contributed by atoms with Crippen LogP contribution in [0.5, 0.6) is 0 Å². The fraction of sp³-hybridized carbons (Fsp3) is 0.111. The lowest BCUT2D eigenvalue weighted by Gasteiger charge is -1.90. The Morgan fingerprint density at radius 3 is 2.40 bits per heavy atom. The molecule has 0 bridgehead atoms. The van der Waals surface area contributed by atoms with Crippen molar-refractivity contribution >= 4 is 28.7 Å². The second-order valence-electron chi connectivity index (χ2n) is 2.14. The summed E-state index contributed by atoms with van der Waals surface area (Å²) < 4.78 is 1.31. The number of rotatable bonds is 1. The Morgan fingerprint density at radius 2 is 1.90 bits per heavy atom. The Bertz CT molecular complexity index is 220. The summed E-state index contributed by atoms with van der Waals surface area (Å²) in [6.45, 7) is 2.09. The quantitative estimate of drug-likeness (QED) is 0.663. The second kappa shape index (κ2) is 3.76. The van der Waals surface area contributed by atoms with Crippen molar-refractivity contribution in [2.24, 2.45) is 0 Å². The first kappa shape index (κ1) is 7.79. The molecule has 0 saturated carbocycles. The zero-order chi connectivity index (χ0) is 7.40. The summed E-state index contributed by atoms with van der Waals surface area (Å²) in [4.78, 5) is 0. The molecule has 0 N–H and O–H groups in total. The van der Waals surface area contributed by atoms with Gasteiger partial charge in [0.2, 0.25) is 0 Å². The first-order valence-electron chi connectivity index (χ1n) is 3.18. The molecule has 1 heteroatoms. The number of hydrogen-bond donors (Lipinski definition) is 0. The maximum atomic E-state index is 2.31. The van der Waals surface area contributed by atoms with Crippen LogP contribution in [0.1, 0.15) is 12.5 Å². The molecule has 0 unspecified atom stereocenters. The molecule has 0 saturated heterocycles. The zero-order valence-corrected chi connectivity index (χ0v) is 8.00. The van der Waals surface area contributed by atoms with Crippen molar-refractivity contribution in [2.45, 2.75) is 6.92 Å². The highest BCUT2D eigenvalue weighted by atomic mass is 127. The Balaban J connectivity index is 2.87. The van der Waals surface area contributed by atoms with Crippen LogP contribution in [0.15, 0.2) is 33.9 Å². The molecule has 0 aliphatic carbocycles. The van der Waals surface area contributed by atoms with E-state index in [9.17, 15) is 0 Å². The molecule has 1 rings (SSSR count). The molecule has 0 aromatic heterocycles. The predicted octanol–water partition coefficient (Wildman–Crippen LogP) is 3.48. The zero-order valence-electron chi connectivity index (χ0n) is 5.84.